The second-order valence-electron chi connectivity index (χ2n) is 8.94. The van der Waals surface area contributed by atoms with Crippen molar-refractivity contribution in [3.8, 4) is 17.3 Å². The molecule has 4 aromatic rings. The van der Waals surface area contributed by atoms with Gasteiger partial charge in [-0.2, -0.15) is 0 Å². The Balaban J connectivity index is 1.78. The normalized spacial score (nSPS) is 12.5. The molecule has 1 heterocycles. The third-order valence-electron chi connectivity index (χ3n) is 6.47. The molecule has 4 rings (SSSR count). The number of rotatable bonds is 7. The number of methoxy groups -OCH3 is 1. The van der Waals surface area contributed by atoms with E-state index in [1.807, 2.05) is 88.6 Å². The summed E-state index contributed by atoms with van der Waals surface area (Å²) in [4.78, 5) is 20.2. The number of fused-ring (bicyclic) bond motifs is 1. The van der Waals surface area contributed by atoms with Crippen LogP contribution in [0.3, 0.4) is 0 Å². The fourth-order valence-electron chi connectivity index (χ4n) is 4.23. The van der Waals surface area contributed by atoms with Gasteiger partial charge in [0.1, 0.15) is 5.75 Å². The van der Waals surface area contributed by atoms with Gasteiger partial charge in [0.15, 0.2) is 0 Å². The molecule has 180 valence electrons. The molecule has 3 aromatic carbocycles. The zero-order valence-electron chi connectivity index (χ0n) is 20.8. The molecule has 0 amide bonds. The molecule has 0 bridgehead atoms. The third kappa shape index (κ3) is 4.84. The van der Waals surface area contributed by atoms with E-state index < -0.39 is 0 Å². The van der Waals surface area contributed by atoms with Crippen molar-refractivity contribution in [2.75, 3.05) is 27.7 Å². The SMILES string of the molecule is COc1ccc(C(CN=Cc2c(O)n(-c3ccc(C)c(C)c3)c(=O)c3ccccc23)N(C)C)cc1. The summed E-state index contributed by atoms with van der Waals surface area (Å²) < 4.78 is 6.64. The summed E-state index contributed by atoms with van der Waals surface area (Å²) >= 11 is 0. The number of likely N-dealkylation sites (N-methyl/N-ethyl adjacent to an activating group) is 1. The van der Waals surface area contributed by atoms with Crippen LogP contribution in [0.1, 0.15) is 28.3 Å². The molecule has 0 fully saturated rings. The molecule has 0 aliphatic rings. The van der Waals surface area contributed by atoms with E-state index in [0.717, 1.165) is 22.4 Å². The predicted molar refractivity (Wildman–Crippen MR) is 143 cm³/mol. The maximum absolute atomic E-state index is 13.3. The lowest BCUT2D eigenvalue weighted by atomic mass is 10.0. The molecule has 0 spiro atoms. The molecular formula is C29H31N3O3. The van der Waals surface area contributed by atoms with E-state index in [1.54, 1.807) is 19.4 Å². The predicted octanol–water partition coefficient (Wildman–Crippen LogP) is 5.04. The molecule has 6 heteroatoms. The van der Waals surface area contributed by atoms with Gasteiger partial charge in [-0.05, 0) is 75.0 Å². The average molecular weight is 470 g/mol. The molecule has 0 saturated carbocycles. The largest absolute Gasteiger partial charge is 0.497 e. The Bertz CT molecular complexity index is 1440. The second-order valence-corrected chi connectivity index (χ2v) is 8.94. The zero-order chi connectivity index (χ0) is 25.1. The van der Waals surface area contributed by atoms with Crippen molar-refractivity contribution in [2.45, 2.75) is 19.9 Å². The van der Waals surface area contributed by atoms with Crippen molar-refractivity contribution in [3.63, 3.8) is 0 Å². The number of nitrogens with zero attached hydrogens (tertiary/aromatic N) is 3. The maximum Gasteiger partial charge on any atom is 0.265 e. The highest BCUT2D eigenvalue weighted by Gasteiger charge is 2.18. The van der Waals surface area contributed by atoms with Crippen LogP contribution >= 0.6 is 0 Å². The highest BCUT2D eigenvalue weighted by Crippen LogP contribution is 2.27. The lowest BCUT2D eigenvalue weighted by Gasteiger charge is -2.23. The van der Waals surface area contributed by atoms with Crippen LogP contribution in [0.15, 0.2) is 76.5 Å². The first-order valence-electron chi connectivity index (χ1n) is 11.6. The van der Waals surface area contributed by atoms with Gasteiger partial charge in [-0.1, -0.05) is 36.4 Å². The number of ether oxygens (including phenoxy) is 1. The van der Waals surface area contributed by atoms with E-state index in [9.17, 15) is 9.90 Å². The number of hydrogen-bond acceptors (Lipinski definition) is 5. The number of benzene rings is 3. The molecule has 0 radical (unpaired) electrons. The van der Waals surface area contributed by atoms with Crippen LogP contribution < -0.4 is 10.3 Å². The van der Waals surface area contributed by atoms with Crippen molar-refractivity contribution in [2.24, 2.45) is 4.99 Å². The van der Waals surface area contributed by atoms with E-state index >= 15 is 0 Å². The smallest absolute Gasteiger partial charge is 0.265 e. The first-order chi connectivity index (χ1) is 16.8. The molecule has 1 N–H and O–H groups in total. The van der Waals surface area contributed by atoms with Gasteiger partial charge in [0, 0.05) is 17.0 Å². The summed E-state index contributed by atoms with van der Waals surface area (Å²) in [5.74, 6) is 0.686. The van der Waals surface area contributed by atoms with Crippen molar-refractivity contribution in [1.29, 1.82) is 0 Å². The zero-order valence-corrected chi connectivity index (χ0v) is 20.8. The Labute approximate surface area is 205 Å². The van der Waals surface area contributed by atoms with Crippen LogP contribution in [-0.4, -0.2) is 48.5 Å². The van der Waals surface area contributed by atoms with Gasteiger partial charge < -0.3 is 14.7 Å². The van der Waals surface area contributed by atoms with Crippen molar-refractivity contribution >= 4 is 17.0 Å². The minimum atomic E-state index is -0.261. The fourth-order valence-corrected chi connectivity index (χ4v) is 4.23. The monoisotopic (exact) mass is 469 g/mol. The van der Waals surface area contributed by atoms with E-state index in [4.69, 9.17) is 9.73 Å². The van der Waals surface area contributed by atoms with Crippen LogP contribution in [0.4, 0.5) is 0 Å². The first kappa shape index (κ1) is 24.2. The molecule has 1 atom stereocenters. The summed E-state index contributed by atoms with van der Waals surface area (Å²) in [6.45, 7) is 4.49. The fraction of sp³-hybridized carbons (Fsp3) is 0.241. The molecule has 0 saturated heterocycles. The average Bonchev–Trinajstić information content (AvgIpc) is 2.85. The lowest BCUT2D eigenvalue weighted by Crippen LogP contribution is -2.23. The van der Waals surface area contributed by atoms with E-state index in [1.165, 1.54) is 4.57 Å². The number of aromatic nitrogens is 1. The topological polar surface area (TPSA) is 67.1 Å². The van der Waals surface area contributed by atoms with Crippen LogP contribution in [0.5, 0.6) is 11.6 Å². The Hall–Kier alpha value is -3.90. The quantitative estimate of drug-likeness (QED) is 0.385. The Morgan fingerprint density at radius 1 is 1.00 bits per heavy atom. The number of aromatic hydroxyl groups is 1. The summed E-state index contributed by atoms with van der Waals surface area (Å²) in [7, 11) is 5.67. The van der Waals surface area contributed by atoms with Gasteiger partial charge in [-0.3, -0.25) is 9.79 Å². The molecular weight excluding hydrogens is 438 g/mol. The van der Waals surface area contributed by atoms with Crippen LogP contribution in [0, 0.1) is 13.8 Å². The lowest BCUT2D eigenvalue weighted by molar-refractivity contribution is 0.306. The molecule has 6 nitrogen and oxygen atoms in total. The minimum Gasteiger partial charge on any atom is -0.497 e. The Kier molecular flexibility index (Phi) is 7.03. The minimum absolute atomic E-state index is 0.0382. The second kappa shape index (κ2) is 10.2. The standard InChI is InChI=1S/C29H31N3O3/c1-19-10-13-22(16-20(19)2)32-28(33)25-9-7-6-8-24(25)26(29(32)34)17-30-18-27(31(3)4)21-11-14-23(35-5)15-12-21/h6-17,27,34H,18H2,1-5H3. The van der Waals surface area contributed by atoms with Gasteiger partial charge in [0.2, 0.25) is 5.88 Å². The highest BCUT2D eigenvalue weighted by molar-refractivity contribution is 6.01. The van der Waals surface area contributed by atoms with Gasteiger partial charge >= 0.3 is 0 Å². The van der Waals surface area contributed by atoms with E-state index in [-0.39, 0.29) is 17.5 Å². The van der Waals surface area contributed by atoms with Crippen LogP contribution in [0.25, 0.3) is 16.5 Å². The van der Waals surface area contributed by atoms with Crippen molar-refractivity contribution in [1.82, 2.24) is 9.47 Å². The van der Waals surface area contributed by atoms with Gasteiger partial charge in [-0.15, -0.1) is 0 Å². The molecule has 35 heavy (non-hydrogen) atoms. The van der Waals surface area contributed by atoms with Gasteiger partial charge in [0.25, 0.3) is 5.56 Å². The van der Waals surface area contributed by atoms with Crippen LogP contribution in [-0.2, 0) is 0 Å². The third-order valence-corrected chi connectivity index (χ3v) is 6.47. The summed E-state index contributed by atoms with van der Waals surface area (Å²) in [5.41, 5.74) is 4.17. The molecule has 0 aliphatic carbocycles. The van der Waals surface area contributed by atoms with Crippen LogP contribution in [0.2, 0.25) is 0 Å². The summed E-state index contributed by atoms with van der Waals surface area (Å²) in [6, 6.07) is 21.0. The van der Waals surface area contributed by atoms with E-state index in [2.05, 4.69) is 4.90 Å². The van der Waals surface area contributed by atoms with Crippen molar-refractivity contribution in [3.05, 3.63) is 99.3 Å². The number of aryl methyl sites for hydroxylation is 2. The molecule has 0 aliphatic heterocycles. The molecule has 1 unspecified atom stereocenters. The number of pyridine rings is 1. The number of hydrogen-bond donors (Lipinski definition) is 1. The summed E-state index contributed by atoms with van der Waals surface area (Å²) in [6.07, 6.45) is 1.68. The Morgan fingerprint density at radius 2 is 1.69 bits per heavy atom. The van der Waals surface area contributed by atoms with Crippen molar-refractivity contribution < 1.29 is 9.84 Å². The summed E-state index contributed by atoms with van der Waals surface area (Å²) in [5, 5.41) is 12.5. The first-order valence-corrected chi connectivity index (χ1v) is 11.6. The molecule has 1 aromatic heterocycles. The van der Waals surface area contributed by atoms with Gasteiger partial charge in [-0.25, -0.2) is 4.57 Å². The van der Waals surface area contributed by atoms with E-state index in [0.29, 0.717) is 28.6 Å². The highest BCUT2D eigenvalue weighted by atomic mass is 16.5. The Morgan fingerprint density at radius 3 is 2.31 bits per heavy atom. The van der Waals surface area contributed by atoms with Gasteiger partial charge in [0.05, 0.1) is 30.9 Å². The number of aliphatic imine (C=N–C) groups is 1. The maximum atomic E-state index is 13.3.